The van der Waals surface area contributed by atoms with Gasteiger partial charge in [-0.2, -0.15) is 0 Å². The van der Waals surface area contributed by atoms with E-state index in [1.807, 2.05) is 38.7 Å². The van der Waals surface area contributed by atoms with Crippen molar-refractivity contribution >= 4 is 34.2 Å². The average Bonchev–Trinajstić information content (AvgIpc) is 3.60. The number of hydrogen-bond donors (Lipinski definition) is 3. The Morgan fingerprint density at radius 3 is 2.45 bits per heavy atom. The first-order chi connectivity index (χ1) is 18.1. The van der Waals surface area contributed by atoms with E-state index in [0.29, 0.717) is 22.6 Å². The van der Waals surface area contributed by atoms with E-state index in [-0.39, 0.29) is 29.7 Å². The van der Waals surface area contributed by atoms with Gasteiger partial charge in [0, 0.05) is 33.6 Å². The van der Waals surface area contributed by atoms with Crippen molar-refractivity contribution < 1.29 is 19.4 Å². The summed E-state index contributed by atoms with van der Waals surface area (Å²) in [5, 5.41) is 13.1. The molecule has 1 aromatic carbocycles. The van der Waals surface area contributed by atoms with Crippen LogP contribution in [-0.4, -0.2) is 46.2 Å². The molecule has 1 fully saturated rings. The van der Waals surface area contributed by atoms with Crippen LogP contribution in [0.3, 0.4) is 0 Å². The molecule has 2 aromatic heterocycles. The van der Waals surface area contributed by atoms with Crippen LogP contribution in [0.5, 0.6) is 5.75 Å². The number of rotatable bonds is 7. The molecule has 38 heavy (non-hydrogen) atoms. The van der Waals surface area contributed by atoms with Crippen molar-refractivity contribution in [2.75, 3.05) is 7.11 Å². The number of thiophene rings is 1. The molecule has 3 N–H and O–H groups in total. The molecule has 2 heterocycles. The maximum atomic E-state index is 13.2. The van der Waals surface area contributed by atoms with Gasteiger partial charge in [-0.15, -0.1) is 11.3 Å². The molecule has 3 aromatic rings. The van der Waals surface area contributed by atoms with E-state index in [2.05, 4.69) is 16.4 Å². The fourth-order valence-electron chi connectivity index (χ4n) is 5.81. The predicted octanol–water partition coefficient (Wildman–Crippen LogP) is 6.05. The summed E-state index contributed by atoms with van der Waals surface area (Å²) in [5.41, 5.74) is 2.84. The van der Waals surface area contributed by atoms with Gasteiger partial charge in [0.2, 0.25) is 5.43 Å². The Morgan fingerprint density at radius 1 is 1.13 bits per heavy atom. The summed E-state index contributed by atoms with van der Waals surface area (Å²) >= 11 is 1.72. The minimum absolute atomic E-state index is 0.0469. The van der Waals surface area contributed by atoms with Crippen LogP contribution in [0.1, 0.15) is 91.7 Å². The number of methoxy groups -OCH3 is 1. The van der Waals surface area contributed by atoms with Gasteiger partial charge >= 0.3 is 12.0 Å². The first-order valence-electron chi connectivity index (χ1n) is 13.3. The number of fused-ring (bicyclic) bond motifs is 2. The van der Waals surface area contributed by atoms with Gasteiger partial charge in [0.05, 0.1) is 24.1 Å². The number of pyridine rings is 1. The number of ether oxygens (including phenoxy) is 1. The monoisotopic (exact) mass is 537 g/mol. The number of aryl methyl sites for hydroxylation is 1. The number of carboxylic acids is 1. The molecule has 1 unspecified atom stereocenters. The summed E-state index contributed by atoms with van der Waals surface area (Å²) in [7, 11) is 1.58. The number of urea groups is 1. The molecule has 2 aliphatic carbocycles. The molecule has 9 heteroatoms. The number of nitrogens with one attached hydrogen (secondary N) is 2. The number of aromatic amines is 1. The molecule has 0 aliphatic heterocycles. The van der Waals surface area contributed by atoms with Gasteiger partial charge in [-0.05, 0) is 89.0 Å². The second kappa shape index (κ2) is 10.1. The van der Waals surface area contributed by atoms with Crippen LogP contribution in [0, 0.1) is 0 Å². The van der Waals surface area contributed by atoms with Gasteiger partial charge in [0.1, 0.15) is 5.56 Å². The van der Waals surface area contributed by atoms with Gasteiger partial charge < -0.3 is 25.0 Å². The Labute approximate surface area is 226 Å². The minimum atomic E-state index is -1.25. The summed E-state index contributed by atoms with van der Waals surface area (Å²) in [6.07, 6.45) is 6.12. The lowest BCUT2D eigenvalue weighted by Gasteiger charge is -2.33. The summed E-state index contributed by atoms with van der Waals surface area (Å²) in [4.78, 5) is 45.0. The van der Waals surface area contributed by atoms with Crippen molar-refractivity contribution in [2.45, 2.75) is 83.8 Å². The molecular formula is C29H35N3O5S. The van der Waals surface area contributed by atoms with E-state index in [1.165, 1.54) is 11.1 Å². The van der Waals surface area contributed by atoms with Crippen LogP contribution in [0.15, 0.2) is 23.1 Å². The third kappa shape index (κ3) is 4.57. The third-order valence-corrected chi connectivity index (χ3v) is 8.85. The molecule has 0 bridgehead atoms. The fourth-order valence-corrected chi connectivity index (χ4v) is 7.14. The molecule has 0 spiro atoms. The fraction of sp³-hybridized carbons (Fsp3) is 0.483. The lowest BCUT2D eigenvalue weighted by atomic mass is 9.92. The number of carbonyl (C=O) groups is 2. The Morgan fingerprint density at radius 2 is 1.84 bits per heavy atom. The normalized spacial score (nSPS) is 17.1. The zero-order chi connectivity index (χ0) is 27.3. The van der Waals surface area contributed by atoms with Gasteiger partial charge in [0.25, 0.3) is 0 Å². The molecule has 2 aliphatic rings. The first kappa shape index (κ1) is 26.3. The highest BCUT2D eigenvalue weighted by Gasteiger charge is 2.33. The zero-order valence-corrected chi connectivity index (χ0v) is 23.3. The van der Waals surface area contributed by atoms with E-state index in [1.54, 1.807) is 18.4 Å². The standard InChI is InChI=1S/C29H35N3O5S/c1-14(2)32(15(3)4)29(36)31-21-7-6-8-22-18(21)12-23(38-22)24-17(16-9-10-16)11-19-25(27(24)37-5)30-13-20(26(19)33)28(34)35/h11-16,21H,6-10H2,1-5H3,(H,30,33)(H,31,36)(H,34,35). The smallest absolute Gasteiger partial charge is 0.341 e. The van der Waals surface area contributed by atoms with E-state index in [4.69, 9.17) is 4.74 Å². The van der Waals surface area contributed by atoms with E-state index in [9.17, 15) is 19.5 Å². The van der Waals surface area contributed by atoms with Crippen molar-refractivity contribution in [3.63, 3.8) is 0 Å². The van der Waals surface area contributed by atoms with Crippen LogP contribution in [0.25, 0.3) is 21.3 Å². The van der Waals surface area contributed by atoms with Crippen molar-refractivity contribution in [1.82, 2.24) is 15.2 Å². The highest BCUT2D eigenvalue weighted by molar-refractivity contribution is 7.15. The molecule has 202 valence electrons. The summed E-state index contributed by atoms with van der Waals surface area (Å²) in [6.45, 7) is 8.13. The third-order valence-electron chi connectivity index (χ3n) is 7.62. The van der Waals surface area contributed by atoms with E-state index >= 15 is 0 Å². The Kier molecular flexibility index (Phi) is 6.98. The molecule has 0 radical (unpaired) electrons. The molecule has 2 amide bonds. The van der Waals surface area contributed by atoms with E-state index in [0.717, 1.165) is 53.7 Å². The number of aromatic carboxylic acids is 1. The number of H-pyrrole nitrogens is 1. The molecule has 5 rings (SSSR count). The molecule has 8 nitrogen and oxygen atoms in total. The van der Waals surface area contributed by atoms with Crippen LogP contribution in [-0.2, 0) is 6.42 Å². The van der Waals surface area contributed by atoms with Gasteiger partial charge in [0.15, 0.2) is 5.75 Å². The first-order valence-corrected chi connectivity index (χ1v) is 14.1. The maximum Gasteiger partial charge on any atom is 0.341 e. The van der Waals surface area contributed by atoms with Crippen LogP contribution < -0.4 is 15.5 Å². The summed E-state index contributed by atoms with van der Waals surface area (Å²) in [5.74, 6) is -0.392. The minimum Gasteiger partial charge on any atom is -0.494 e. The Hall–Kier alpha value is -3.33. The van der Waals surface area contributed by atoms with Crippen LogP contribution in [0.4, 0.5) is 4.79 Å². The van der Waals surface area contributed by atoms with Crippen molar-refractivity contribution in [3.8, 4) is 16.2 Å². The summed E-state index contributed by atoms with van der Waals surface area (Å²) < 4.78 is 5.91. The quantitative estimate of drug-likeness (QED) is 0.340. The van der Waals surface area contributed by atoms with Crippen molar-refractivity contribution in [1.29, 1.82) is 0 Å². The molecule has 1 saturated carbocycles. The number of benzene rings is 1. The lowest BCUT2D eigenvalue weighted by Crippen LogP contribution is -2.48. The number of nitrogens with zero attached hydrogens (tertiary/aromatic N) is 1. The van der Waals surface area contributed by atoms with Crippen LogP contribution >= 0.6 is 11.3 Å². The second-order valence-electron chi connectivity index (χ2n) is 10.9. The largest absolute Gasteiger partial charge is 0.494 e. The van der Waals surface area contributed by atoms with E-state index < -0.39 is 11.4 Å². The highest BCUT2D eigenvalue weighted by atomic mass is 32.1. The molecule has 1 atom stereocenters. The number of aromatic nitrogens is 1. The predicted molar refractivity (Wildman–Crippen MR) is 150 cm³/mol. The number of amides is 2. The van der Waals surface area contributed by atoms with Crippen molar-refractivity contribution in [2.24, 2.45) is 0 Å². The molecular weight excluding hydrogens is 502 g/mol. The SMILES string of the molecule is COc1c(-c2cc3c(s2)CCCC3NC(=O)N(C(C)C)C(C)C)c(C2CC2)cc2c(=O)c(C(=O)O)c[nH]c12. The second-order valence-corrected chi connectivity index (χ2v) is 12.0. The van der Waals surface area contributed by atoms with Gasteiger partial charge in [-0.25, -0.2) is 9.59 Å². The number of carboxylic acid groups (broad SMARTS) is 1. The highest BCUT2D eigenvalue weighted by Crippen LogP contribution is 2.52. The topological polar surface area (TPSA) is 112 Å². The number of hydrogen-bond acceptors (Lipinski definition) is 5. The summed E-state index contributed by atoms with van der Waals surface area (Å²) in [6, 6.07) is 4.13. The molecule has 0 saturated heterocycles. The maximum absolute atomic E-state index is 13.2. The lowest BCUT2D eigenvalue weighted by molar-refractivity contribution is 0.0695. The van der Waals surface area contributed by atoms with Gasteiger partial charge in [-0.3, -0.25) is 4.79 Å². The Bertz CT molecular complexity index is 1460. The number of carbonyl (C=O) groups excluding carboxylic acids is 1. The Balaban J connectivity index is 1.61. The van der Waals surface area contributed by atoms with Crippen LogP contribution in [0.2, 0.25) is 0 Å². The van der Waals surface area contributed by atoms with Crippen molar-refractivity contribution in [3.05, 3.63) is 50.1 Å². The zero-order valence-electron chi connectivity index (χ0n) is 22.5. The van der Waals surface area contributed by atoms with Gasteiger partial charge in [-0.1, -0.05) is 0 Å². The average molecular weight is 538 g/mol.